The molecule has 1 fully saturated rings. The van der Waals surface area contributed by atoms with Crippen LogP contribution in [0.2, 0.25) is 0 Å². The van der Waals surface area contributed by atoms with Crippen molar-refractivity contribution in [2.45, 2.75) is 57.4 Å². The molecule has 0 unspecified atom stereocenters. The largest absolute Gasteiger partial charge is 0.306 e. The molecule has 2 aromatic rings. The lowest BCUT2D eigenvalue weighted by Crippen LogP contribution is -2.28. The molecule has 104 valence electrons. The van der Waals surface area contributed by atoms with Crippen LogP contribution in [0.4, 0.5) is 0 Å². The van der Waals surface area contributed by atoms with Gasteiger partial charge in [0.2, 0.25) is 0 Å². The molecule has 1 aliphatic rings. The molecule has 2 aromatic heterocycles. The van der Waals surface area contributed by atoms with Gasteiger partial charge in [0.15, 0.2) is 5.65 Å². The Morgan fingerprint density at radius 1 is 1.32 bits per heavy atom. The van der Waals surface area contributed by atoms with Gasteiger partial charge in [0.25, 0.3) is 0 Å². The maximum atomic E-state index is 6.14. The molecule has 1 saturated carbocycles. The van der Waals surface area contributed by atoms with Crippen molar-refractivity contribution in [2.75, 3.05) is 0 Å². The fourth-order valence-electron chi connectivity index (χ4n) is 3.48. The van der Waals surface area contributed by atoms with Crippen LogP contribution in [0.15, 0.2) is 0 Å². The Morgan fingerprint density at radius 3 is 2.58 bits per heavy atom. The van der Waals surface area contributed by atoms with Gasteiger partial charge in [-0.2, -0.15) is 5.10 Å². The number of rotatable bonds is 3. The molecule has 0 atom stereocenters. The number of nitrogens with zero attached hydrogens (tertiary/aromatic N) is 4. The third-order valence-electron chi connectivity index (χ3n) is 4.45. The Morgan fingerprint density at radius 2 is 2.00 bits per heavy atom. The summed E-state index contributed by atoms with van der Waals surface area (Å²) in [6.07, 6.45) is 5.89. The van der Waals surface area contributed by atoms with E-state index in [2.05, 4.69) is 23.5 Å². The lowest BCUT2D eigenvalue weighted by Gasteiger charge is -2.28. The van der Waals surface area contributed by atoms with Crippen LogP contribution in [-0.2, 0) is 24.9 Å². The third-order valence-corrected chi connectivity index (χ3v) is 4.69. The number of hydrogen-bond donors (Lipinski definition) is 0. The number of alkyl halides is 1. The van der Waals surface area contributed by atoms with Gasteiger partial charge < -0.3 is 4.57 Å². The molecule has 0 saturated heterocycles. The summed E-state index contributed by atoms with van der Waals surface area (Å²) in [5.41, 5.74) is 3.40. The lowest BCUT2D eigenvalue weighted by molar-refractivity contribution is 0.326. The number of fused-ring (bicyclic) bond motifs is 1. The Labute approximate surface area is 118 Å². The molecule has 0 bridgehead atoms. The van der Waals surface area contributed by atoms with Crippen molar-refractivity contribution in [2.24, 2.45) is 7.05 Å². The van der Waals surface area contributed by atoms with Gasteiger partial charge in [0.05, 0.1) is 11.6 Å². The van der Waals surface area contributed by atoms with E-state index in [4.69, 9.17) is 16.6 Å². The maximum absolute atomic E-state index is 6.14. The highest BCUT2D eigenvalue weighted by Crippen LogP contribution is 2.40. The van der Waals surface area contributed by atoms with Crippen LogP contribution in [0.3, 0.4) is 0 Å². The van der Waals surface area contributed by atoms with E-state index >= 15 is 0 Å². The summed E-state index contributed by atoms with van der Waals surface area (Å²) in [6.45, 7) is 4.45. The maximum Gasteiger partial charge on any atom is 0.159 e. The molecule has 19 heavy (non-hydrogen) atoms. The van der Waals surface area contributed by atoms with Gasteiger partial charge in [-0.25, -0.2) is 4.98 Å². The molecule has 0 amide bonds. The standard InChI is InChI=1S/C14H21ClN4/c1-4-10-12-13(18(3)17-10)19(11(9-15)16-12)14(2)7-5-6-8-14/h4-9H2,1-3H3. The lowest BCUT2D eigenvalue weighted by atomic mass is 10.00. The van der Waals surface area contributed by atoms with Gasteiger partial charge in [-0.1, -0.05) is 19.8 Å². The molecule has 0 aromatic carbocycles. The number of halogens is 1. The Hall–Kier alpha value is -1.03. The molecule has 3 rings (SSSR count). The molecule has 0 aliphatic heterocycles. The zero-order chi connectivity index (χ0) is 13.6. The van der Waals surface area contributed by atoms with Crippen LogP contribution in [0, 0.1) is 0 Å². The van der Waals surface area contributed by atoms with E-state index in [0.717, 1.165) is 29.1 Å². The van der Waals surface area contributed by atoms with Gasteiger partial charge >= 0.3 is 0 Å². The molecular formula is C14H21ClN4. The number of imidazole rings is 1. The van der Waals surface area contributed by atoms with Crippen LogP contribution in [0.25, 0.3) is 11.2 Å². The zero-order valence-electron chi connectivity index (χ0n) is 11.9. The van der Waals surface area contributed by atoms with Crippen LogP contribution >= 0.6 is 11.6 Å². The van der Waals surface area contributed by atoms with Crippen LogP contribution in [0.1, 0.15) is 51.0 Å². The van der Waals surface area contributed by atoms with Crippen molar-refractivity contribution in [3.63, 3.8) is 0 Å². The van der Waals surface area contributed by atoms with Crippen LogP contribution in [-0.4, -0.2) is 19.3 Å². The van der Waals surface area contributed by atoms with E-state index in [0.29, 0.717) is 5.88 Å². The molecule has 5 heteroatoms. The summed E-state index contributed by atoms with van der Waals surface area (Å²) in [7, 11) is 2.01. The van der Waals surface area contributed by atoms with Gasteiger partial charge in [0, 0.05) is 12.6 Å². The minimum absolute atomic E-state index is 0.151. The minimum atomic E-state index is 0.151. The van der Waals surface area contributed by atoms with Crippen molar-refractivity contribution >= 4 is 22.8 Å². The second-order valence-electron chi connectivity index (χ2n) is 5.80. The van der Waals surface area contributed by atoms with E-state index in [9.17, 15) is 0 Å². The number of aromatic nitrogens is 4. The van der Waals surface area contributed by atoms with E-state index in [1.807, 2.05) is 11.7 Å². The Kier molecular flexibility index (Phi) is 3.08. The molecule has 0 radical (unpaired) electrons. The average Bonchev–Trinajstić information content (AvgIpc) is 3.05. The highest BCUT2D eigenvalue weighted by molar-refractivity contribution is 6.16. The van der Waals surface area contributed by atoms with Crippen molar-refractivity contribution in [3.8, 4) is 0 Å². The van der Waals surface area contributed by atoms with E-state index in [-0.39, 0.29) is 5.54 Å². The second-order valence-corrected chi connectivity index (χ2v) is 6.06. The van der Waals surface area contributed by atoms with E-state index in [1.54, 1.807) is 0 Å². The number of aryl methyl sites for hydroxylation is 2. The molecule has 2 heterocycles. The van der Waals surface area contributed by atoms with Crippen molar-refractivity contribution in [1.29, 1.82) is 0 Å². The first-order chi connectivity index (χ1) is 9.10. The van der Waals surface area contributed by atoms with Gasteiger partial charge in [0.1, 0.15) is 11.3 Å². The third kappa shape index (κ3) is 1.80. The molecular weight excluding hydrogens is 260 g/mol. The smallest absolute Gasteiger partial charge is 0.159 e. The first-order valence-electron chi connectivity index (χ1n) is 7.10. The predicted octanol–water partition coefficient (Wildman–Crippen LogP) is 3.36. The SMILES string of the molecule is CCc1nn(C)c2c1nc(CCl)n2C1(C)CCCC1. The summed E-state index contributed by atoms with van der Waals surface area (Å²) in [4.78, 5) is 4.76. The predicted molar refractivity (Wildman–Crippen MR) is 77.6 cm³/mol. The summed E-state index contributed by atoms with van der Waals surface area (Å²) in [5, 5.41) is 4.60. The summed E-state index contributed by atoms with van der Waals surface area (Å²) < 4.78 is 4.33. The fraction of sp³-hybridized carbons (Fsp3) is 0.714. The van der Waals surface area contributed by atoms with Crippen molar-refractivity contribution < 1.29 is 0 Å². The topological polar surface area (TPSA) is 35.6 Å². The van der Waals surface area contributed by atoms with Gasteiger partial charge in [-0.05, 0) is 26.2 Å². The summed E-state index contributed by atoms with van der Waals surface area (Å²) >= 11 is 6.14. The van der Waals surface area contributed by atoms with Crippen LogP contribution in [0.5, 0.6) is 0 Å². The first-order valence-corrected chi connectivity index (χ1v) is 7.64. The number of hydrogen-bond acceptors (Lipinski definition) is 2. The van der Waals surface area contributed by atoms with E-state index in [1.165, 1.54) is 25.7 Å². The van der Waals surface area contributed by atoms with Crippen molar-refractivity contribution in [3.05, 3.63) is 11.5 Å². The first kappa shape index (κ1) is 13.0. The Balaban J connectivity index is 2.29. The Bertz CT molecular complexity index is 605. The second kappa shape index (κ2) is 4.51. The highest BCUT2D eigenvalue weighted by atomic mass is 35.5. The average molecular weight is 281 g/mol. The highest BCUT2D eigenvalue weighted by Gasteiger charge is 2.35. The molecule has 0 spiro atoms. The van der Waals surface area contributed by atoms with Crippen LogP contribution < -0.4 is 0 Å². The quantitative estimate of drug-likeness (QED) is 0.808. The van der Waals surface area contributed by atoms with Gasteiger partial charge in [-0.3, -0.25) is 4.68 Å². The normalized spacial score (nSPS) is 18.5. The zero-order valence-corrected chi connectivity index (χ0v) is 12.7. The monoisotopic (exact) mass is 280 g/mol. The summed E-state index contributed by atoms with van der Waals surface area (Å²) in [5.74, 6) is 1.46. The fourth-order valence-corrected chi connectivity index (χ4v) is 3.66. The molecule has 4 nitrogen and oxygen atoms in total. The van der Waals surface area contributed by atoms with Crippen molar-refractivity contribution in [1.82, 2.24) is 19.3 Å². The molecule has 0 N–H and O–H groups in total. The minimum Gasteiger partial charge on any atom is -0.306 e. The van der Waals surface area contributed by atoms with Gasteiger partial charge in [-0.15, -0.1) is 11.6 Å². The van der Waals surface area contributed by atoms with E-state index < -0.39 is 0 Å². The molecule has 1 aliphatic carbocycles. The summed E-state index contributed by atoms with van der Waals surface area (Å²) in [6, 6.07) is 0.